The molecule has 2 rings (SSSR count). The van der Waals surface area contributed by atoms with Gasteiger partial charge in [-0.2, -0.15) is 0 Å². The van der Waals surface area contributed by atoms with Crippen molar-refractivity contribution in [3.05, 3.63) is 35.9 Å². The number of halogens is 1. The summed E-state index contributed by atoms with van der Waals surface area (Å²) in [5, 5.41) is 13.3. The van der Waals surface area contributed by atoms with Gasteiger partial charge in [-0.05, 0) is 24.3 Å². The highest BCUT2D eigenvalue weighted by Crippen LogP contribution is 2.23. The van der Waals surface area contributed by atoms with Gasteiger partial charge in [-0.3, -0.25) is 0 Å². The van der Waals surface area contributed by atoms with Gasteiger partial charge < -0.3 is 10.4 Å². The molecule has 0 spiro atoms. The largest absolute Gasteiger partial charge is 0.393 e. The van der Waals surface area contributed by atoms with Gasteiger partial charge in [0.25, 0.3) is 0 Å². The van der Waals surface area contributed by atoms with Crippen LogP contribution in [0.15, 0.2) is 30.3 Å². The van der Waals surface area contributed by atoms with Gasteiger partial charge in [-0.1, -0.05) is 43.2 Å². The average Bonchev–Trinajstić information content (AvgIpc) is 2.33. The first-order valence-corrected chi connectivity index (χ1v) is 6.29. The normalized spacial score (nSPS) is 24.1. The summed E-state index contributed by atoms with van der Waals surface area (Å²) in [6.45, 7) is 1.85. The third kappa shape index (κ3) is 4.66. The molecule has 0 unspecified atom stereocenters. The van der Waals surface area contributed by atoms with E-state index in [0.29, 0.717) is 5.92 Å². The summed E-state index contributed by atoms with van der Waals surface area (Å²) in [5.74, 6) is 0.456. The van der Waals surface area contributed by atoms with E-state index in [4.69, 9.17) is 0 Å². The molecule has 0 saturated heterocycles. The lowest BCUT2D eigenvalue weighted by Gasteiger charge is -2.27. The average molecular weight is 256 g/mol. The van der Waals surface area contributed by atoms with Crippen molar-refractivity contribution in [3.63, 3.8) is 0 Å². The molecule has 0 heterocycles. The summed E-state index contributed by atoms with van der Waals surface area (Å²) in [6, 6.07) is 10.4. The van der Waals surface area contributed by atoms with Crippen LogP contribution in [0.1, 0.15) is 31.2 Å². The monoisotopic (exact) mass is 255 g/mol. The zero-order chi connectivity index (χ0) is 11.2. The van der Waals surface area contributed by atoms with Crippen molar-refractivity contribution >= 4 is 12.4 Å². The number of benzene rings is 1. The van der Waals surface area contributed by atoms with Crippen molar-refractivity contribution < 1.29 is 5.11 Å². The molecule has 0 amide bonds. The van der Waals surface area contributed by atoms with Crippen molar-refractivity contribution in [2.24, 2.45) is 5.92 Å². The number of nitrogens with one attached hydrogen (secondary N) is 1. The number of rotatable bonds is 4. The topological polar surface area (TPSA) is 32.3 Å². The Morgan fingerprint density at radius 3 is 2.53 bits per heavy atom. The Labute approximate surface area is 110 Å². The van der Waals surface area contributed by atoms with Crippen LogP contribution < -0.4 is 5.32 Å². The predicted molar refractivity (Wildman–Crippen MR) is 73.4 cm³/mol. The first kappa shape index (κ1) is 14.5. The fourth-order valence-corrected chi connectivity index (χ4v) is 2.42. The molecule has 2 atom stereocenters. The van der Waals surface area contributed by atoms with Gasteiger partial charge in [0.2, 0.25) is 0 Å². The van der Waals surface area contributed by atoms with Crippen LogP contribution >= 0.6 is 12.4 Å². The number of hydrogen-bond donors (Lipinski definition) is 2. The summed E-state index contributed by atoms with van der Waals surface area (Å²) < 4.78 is 0. The second-order valence-electron chi connectivity index (χ2n) is 4.73. The minimum atomic E-state index is -0.0861. The lowest BCUT2D eigenvalue weighted by Crippen LogP contribution is -2.33. The highest BCUT2D eigenvalue weighted by atomic mass is 35.5. The van der Waals surface area contributed by atoms with Gasteiger partial charge in [0, 0.05) is 13.1 Å². The molecule has 96 valence electrons. The van der Waals surface area contributed by atoms with Crippen molar-refractivity contribution in [2.45, 2.75) is 38.3 Å². The lowest BCUT2D eigenvalue weighted by molar-refractivity contribution is 0.0695. The zero-order valence-electron chi connectivity index (χ0n) is 10.1. The Kier molecular flexibility index (Phi) is 6.56. The summed E-state index contributed by atoms with van der Waals surface area (Å²) >= 11 is 0. The van der Waals surface area contributed by atoms with Gasteiger partial charge >= 0.3 is 0 Å². The smallest absolute Gasteiger partial charge is 0.0580 e. The van der Waals surface area contributed by atoms with E-state index in [2.05, 4.69) is 29.6 Å². The minimum Gasteiger partial charge on any atom is -0.393 e. The number of aliphatic hydroxyl groups excluding tert-OH is 1. The van der Waals surface area contributed by atoms with Crippen molar-refractivity contribution in [3.8, 4) is 0 Å². The molecule has 2 nitrogen and oxygen atoms in total. The Balaban J connectivity index is 0.00000144. The molecule has 2 N–H and O–H groups in total. The van der Waals surface area contributed by atoms with Crippen molar-refractivity contribution in [1.29, 1.82) is 0 Å². The van der Waals surface area contributed by atoms with Gasteiger partial charge in [-0.25, -0.2) is 0 Å². The highest BCUT2D eigenvalue weighted by Gasteiger charge is 2.22. The Morgan fingerprint density at radius 2 is 1.82 bits per heavy atom. The van der Waals surface area contributed by atoms with Gasteiger partial charge in [0.05, 0.1) is 6.10 Å². The number of aliphatic hydroxyl groups is 1. The molecule has 1 saturated carbocycles. The highest BCUT2D eigenvalue weighted by molar-refractivity contribution is 5.85. The molecule has 0 aromatic heterocycles. The first-order chi connectivity index (χ1) is 7.86. The fraction of sp³-hybridized carbons (Fsp3) is 0.571. The second kappa shape index (κ2) is 7.70. The zero-order valence-corrected chi connectivity index (χ0v) is 11.0. The van der Waals surface area contributed by atoms with Crippen LogP contribution in [0.4, 0.5) is 0 Å². The van der Waals surface area contributed by atoms with Crippen molar-refractivity contribution in [1.82, 2.24) is 5.32 Å². The van der Waals surface area contributed by atoms with E-state index in [1.165, 1.54) is 24.8 Å². The second-order valence-corrected chi connectivity index (χ2v) is 4.73. The van der Waals surface area contributed by atoms with E-state index >= 15 is 0 Å². The maximum atomic E-state index is 9.83. The van der Waals surface area contributed by atoms with Crippen LogP contribution in [0.2, 0.25) is 0 Å². The van der Waals surface area contributed by atoms with E-state index in [0.717, 1.165) is 19.5 Å². The van der Waals surface area contributed by atoms with E-state index in [1.807, 2.05) is 6.07 Å². The van der Waals surface area contributed by atoms with Crippen molar-refractivity contribution in [2.75, 3.05) is 6.54 Å². The minimum absolute atomic E-state index is 0. The summed E-state index contributed by atoms with van der Waals surface area (Å²) in [6.07, 6.45) is 4.53. The van der Waals surface area contributed by atoms with Crippen LogP contribution in [0.25, 0.3) is 0 Å². The molecule has 0 bridgehead atoms. The Bertz CT molecular complexity index is 304. The van der Waals surface area contributed by atoms with Gasteiger partial charge in [0.15, 0.2) is 0 Å². The van der Waals surface area contributed by atoms with Gasteiger partial charge in [-0.15, -0.1) is 12.4 Å². The van der Waals surface area contributed by atoms with E-state index in [9.17, 15) is 5.11 Å². The van der Waals surface area contributed by atoms with E-state index < -0.39 is 0 Å². The number of hydrogen-bond acceptors (Lipinski definition) is 2. The van der Waals surface area contributed by atoms with E-state index in [1.54, 1.807) is 0 Å². The Hall–Kier alpha value is -0.570. The molecule has 1 aromatic carbocycles. The van der Waals surface area contributed by atoms with Crippen LogP contribution in [0.3, 0.4) is 0 Å². The fourth-order valence-electron chi connectivity index (χ4n) is 2.42. The first-order valence-electron chi connectivity index (χ1n) is 6.29. The molecule has 0 aliphatic heterocycles. The molecule has 1 aliphatic rings. The SMILES string of the molecule is Cl.O[C@H]1CCCC[C@H]1CNCc1ccccc1. The molecule has 3 heteroatoms. The summed E-state index contributed by atoms with van der Waals surface area (Å²) in [5.41, 5.74) is 1.31. The maximum absolute atomic E-state index is 9.83. The molecular weight excluding hydrogens is 234 g/mol. The lowest BCUT2D eigenvalue weighted by atomic mass is 9.86. The quantitative estimate of drug-likeness (QED) is 0.867. The third-order valence-electron chi connectivity index (χ3n) is 3.45. The molecule has 0 radical (unpaired) electrons. The van der Waals surface area contributed by atoms with Crippen LogP contribution in [0.5, 0.6) is 0 Å². The van der Waals surface area contributed by atoms with Crippen LogP contribution in [-0.2, 0) is 6.54 Å². The van der Waals surface area contributed by atoms with Crippen LogP contribution in [0, 0.1) is 5.92 Å². The maximum Gasteiger partial charge on any atom is 0.0580 e. The molecular formula is C14H22ClNO. The van der Waals surface area contributed by atoms with E-state index in [-0.39, 0.29) is 18.5 Å². The van der Waals surface area contributed by atoms with Gasteiger partial charge in [0.1, 0.15) is 0 Å². The molecule has 17 heavy (non-hydrogen) atoms. The molecule has 1 aromatic rings. The standard InChI is InChI=1S/C14H21NO.ClH/c16-14-9-5-4-8-13(14)11-15-10-12-6-2-1-3-7-12;/h1-3,6-7,13-16H,4-5,8-11H2;1H/t13-,14-;/m0./s1. The van der Waals surface area contributed by atoms with Crippen LogP contribution in [-0.4, -0.2) is 17.8 Å². The molecule has 1 aliphatic carbocycles. The molecule has 1 fully saturated rings. The third-order valence-corrected chi connectivity index (χ3v) is 3.45. The Morgan fingerprint density at radius 1 is 1.12 bits per heavy atom. The predicted octanol–water partition coefficient (Wildman–Crippen LogP) is 2.75. The summed E-state index contributed by atoms with van der Waals surface area (Å²) in [4.78, 5) is 0. The summed E-state index contributed by atoms with van der Waals surface area (Å²) in [7, 11) is 0.